The zero-order chi connectivity index (χ0) is 19.9. The molecule has 0 spiro atoms. The number of aryl methyl sites for hydroxylation is 1. The Morgan fingerprint density at radius 3 is 2.14 bits per heavy atom. The lowest BCUT2D eigenvalue weighted by molar-refractivity contribution is -0.122. The first-order valence-corrected chi connectivity index (χ1v) is 10.4. The molecule has 6 nitrogen and oxygen atoms in total. The van der Waals surface area contributed by atoms with Gasteiger partial charge in [0.1, 0.15) is 10.6 Å². The van der Waals surface area contributed by atoms with Crippen molar-refractivity contribution in [2.75, 3.05) is 4.90 Å². The van der Waals surface area contributed by atoms with E-state index >= 15 is 0 Å². The van der Waals surface area contributed by atoms with Gasteiger partial charge < -0.3 is 4.18 Å². The number of hydrogen-bond acceptors (Lipinski definition) is 5. The molecule has 4 rings (SSSR count). The average molecular weight is 397 g/mol. The van der Waals surface area contributed by atoms with Gasteiger partial charge in [-0.05, 0) is 44.0 Å². The Hall–Kier alpha value is -2.93. The van der Waals surface area contributed by atoms with Crippen LogP contribution in [0, 0.1) is 18.8 Å². The largest absolute Gasteiger partial charge is 0.379 e. The number of fused-ring (bicyclic) bond motifs is 1. The van der Waals surface area contributed by atoms with Crippen LogP contribution in [0.3, 0.4) is 0 Å². The molecule has 2 aromatic rings. The molecule has 1 aliphatic heterocycles. The van der Waals surface area contributed by atoms with Crippen LogP contribution < -0.4 is 9.08 Å². The van der Waals surface area contributed by atoms with Crippen molar-refractivity contribution in [3.63, 3.8) is 0 Å². The maximum atomic E-state index is 12.7. The van der Waals surface area contributed by atoms with Gasteiger partial charge in [-0.2, -0.15) is 8.42 Å². The van der Waals surface area contributed by atoms with E-state index in [-0.39, 0.29) is 34.3 Å². The Labute approximate surface area is 163 Å². The van der Waals surface area contributed by atoms with Gasteiger partial charge in [-0.15, -0.1) is 0 Å². The van der Waals surface area contributed by atoms with Gasteiger partial charge in [0.15, 0.2) is 0 Å². The molecule has 0 aromatic heterocycles. The van der Waals surface area contributed by atoms with Crippen LogP contribution in [0.25, 0.3) is 0 Å². The van der Waals surface area contributed by atoms with E-state index in [1.54, 1.807) is 24.3 Å². The molecule has 0 N–H and O–H groups in total. The Morgan fingerprint density at radius 1 is 0.929 bits per heavy atom. The molecule has 1 aliphatic carbocycles. The Morgan fingerprint density at radius 2 is 1.54 bits per heavy atom. The van der Waals surface area contributed by atoms with Crippen LogP contribution in [0.2, 0.25) is 0 Å². The van der Waals surface area contributed by atoms with Crippen molar-refractivity contribution in [1.29, 1.82) is 0 Å². The van der Waals surface area contributed by atoms with Crippen LogP contribution in [-0.4, -0.2) is 20.2 Å². The van der Waals surface area contributed by atoms with Gasteiger partial charge in [0.2, 0.25) is 11.8 Å². The van der Waals surface area contributed by atoms with Crippen LogP contribution in [0.1, 0.15) is 18.4 Å². The highest BCUT2D eigenvalue weighted by Gasteiger charge is 2.47. The molecule has 0 bridgehead atoms. The third-order valence-corrected chi connectivity index (χ3v) is 6.36. The van der Waals surface area contributed by atoms with Crippen molar-refractivity contribution in [2.45, 2.75) is 24.7 Å². The van der Waals surface area contributed by atoms with E-state index < -0.39 is 10.1 Å². The minimum absolute atomic E-state index is 0.0360. The summed E-state index contributed by atoms with van der Waals surface area (Å²) in [5, 5.41) is 0. The SMILES string of the molecule is Cc1ccc(S(=O)(=O)Oc2cccc(N3C(=O)[C@@H]4CC=CC[C@H]4C3=O)c2)cc1. The second kappa shape index (κ2) is 6.91. The normalized spacial score (nSPS) is 21.7. The third-order valence-electron chi connectivity index (χ3n) is 5.10. The summed E-state index contributed by atoms with van der Waals surface area (Å²) in [7, 11) is -4.02. The zero-order valence-electron chi connectivity index (χ0n) is 15.2. The van der Waals surface area contributed by atoms with Crippen molar-refractivity contribution in [1.82, 2.24) is 0 Å². The van der Waals surface area contributed by atoms with Crippen molar-refractivity contribution < 1.29 is 22.2 Å². The fourth-order valence-electron chi connectivity index (χ4n) is 3.61. The molecule has 1 fully saturated rings. The molecular formula is C21H19NO5S. The van der Waals surface area contributed by atoms with E-state index in [0.29, 0.717) is 18.5 Å². The number of carbonyl (C=O) groups excluding carboxylic acids is 2. The van der Waals surface area contributed by atoms with Crippen molar-refractivity contribution in [2.24, 2.45) is 11.8 Å². The average Bonchev–Trinajstić information content (AvgIpc) is 2.93. The van der Waals surface area contributed by atoms with E-state index in [1.165, 1.54) is 24.3 Å². The summed E-state index contributed by atoms with van der Waals surface area (Å²) in [5.74, 6) is -1.15. The second-order valence-corrected chi connectivity index (χ2v) is 8.56. The standard InChI is InChI=1S/C21H19NO5S/c1-14-9-11-17(12-10-14)28(25,26)27-16-6-4-5-15(13-16)22-20(23)18-7-2-3-8-19(18)21(22)24/h2-6,9-13,18-19H,7-8H2,1H3/t18-,19-/m1/s1. The van der Waals surface area contributed by atoms with E-state index in [1.807, 2.05) is 19.1 Å². The lowest BCUT2D eigenvalue weighted by Gasteiger charge is -2.16. The number of amides is 2. The Kier molecular flexibility index (Phi) is 4.55. The van der Waals surface area contributed by atoms with Gasteiger partial charge in [0, 0.05) is 6.07 Å². The summed E-state index contributed by atoms with van der Waals surface area (Å²) in [4.78, 5) is 26.6. The number of hydrogen-bond donors (Lipinski definition) is 0. The Balaban J connectivity index is 1.61. The van der Waals surface area contributed by atoms with E-state index in [4.69, 9.17) is 4.18 Å². The van der Waals surface area contributed by atoms with Crippen molar-refractivity contribution in [3.8, 4) is 5.75 Å². The number of anilines is 1. The molecule has 28 heavy (non-hydrogen) atoms. The predicted octanol–water partition coefficient (Wildman–Crippen LogP) is 3.22. The summed E-state index contributed by atoms with van der Waals surface area (Å²) < 4.78 is 30.2. The molecular weight excluding hydrogens is 378 g/mol. The number of benzene rings is 2. The predicted molar refractivity (Wildman–Crippen MR) is 103 cm³/mol. The molecule has 7 heteroatoms. The topological polar surface area (TPSA) is 80.8 Å². The van der Waals surface area contributed by atoms with Crippen LogP contribution >= 0.6 is 0 Å². The van der Waals surface area contributed by atoms with Crippen LogP contribution in [0.15, 0.2) is 65.6 Å². The lowest BCUT2D eigenvalue weighted by Crippen LogP contribution is -2.30. The third kappa shape index (κ3) is 3.22. The van der Waals surface area contributed by atoms with Gasteiger partial charge in [-0.25, -0.2) is 4.90 Å². The van der Waals surface area contributed by atoms with E-state index in [2.05, 4.69) is 0 Å². The first kappa shape index (κ1) is 18.4. The molecule has 0 saturated carbocycles. The molecule has 2 aromatic carbocycles. The monoisotopic (exact) mass is 397 g/mol. The van der Waals surface area contributed by atoms with Gasteiger partial charge in [-0.1, -0.05) is 35.9 Å². The Bertz CT molecular complexity index is 1050. The summed E-state index contributed by atoms with van der Waals surface area (Å²) >= 11 is 0. The maximum Gasteiger partial charge on any atom is 0.339 e. The van der Waals surface area contributed by atoms with Gasteiger partial charge in [0.05, 0.1) is 17.5 Å². The summed E-state index contributed by atoms with van der Waals surface area (Å²) in [6.07, 6.45) is 4.93. The number of allylic oxidation sites excluding steroid dienone is 2. The smallest absolute Gasteiger partial charge is 0.339 e. The molecule has 144 valence electrons. The molecule has 1 saturated heterocycles. The van der Waals surface area contributed by atoms with Crippen LogP contribution in [0.4, 0.5) is 5.69 Å². The summed E-state index contributed by atoms with van der Waals surface area (Å²) in [6, 6.07) is 12.4. The zero-order valence-corrected chi connectivity index (χ0v) is 16.1. The molecule has 2 amide bonds. The molecule has 2 atom stereocenters. The molecule has 2 aliphatic rings. The highest BCUT2D eigenvalue weighted by Crippen LogP contribution is 2.38. The van der Waals surface area contributed by atoms with Crippen molar-refractivity contribution in [3.05, 3.63) is 66.2 Å². The first-order valence-electron chi connectivity index (χ1n) is 9.01. The quantitative estimate of drug-likeness (QED) is 0.450. The summed E-state index contributed by atoms with van der Waals surface area (Å²) in [6.45, 7) is 1.86. The van der Waals surface area contributed by atoms with Crippen LogP contribution in [0.5, 0.6) is 5.75 Å². The number of carbonyl (C=O) groups is 2. The number of imide groups is 1. The fourth-order valence-corrected chi connectivity index (χ4v) is 4.53. The molecule has 0 unspecified atom stereocenters. The maximum absolute atomic E-state index is 12.7. The lowest BCUT2D eigenvalue weighted by atomic mass is 9.85. The second-order valence-electron chi connectivity index (χ2n) is 7.02. The van der Waals surface area contributed by atoms with Gasteiger partial charge >= 0.3 is 10.1 Å². The van der Waals surface area contributed by atoms with E-state index in [0.717, 1.165) is 10.5 Å². The number of rotatable bonds is 4. The highest BCUT2D eigenvalue weighted by atomic mass is 32.2. The molecule has 1 heterocycles. The van der Waals surface area contributed by atoms with Gasteiger partial charge in [-0.3, -0.25) is 9.59 Å². The highest BCUT2D eigenvalue weighted by molar-refractivity contribution is 7.87. The van der Waals surface area contributed by atoms with Gasteiger partial charge in [0.25, 0.3) is 0 Å². The first-order chi connectivity index (χ1) is 13.4. The minimum atomic E-state index is -4.02. The van der Waals surface area contributed by atoms with E-state index in [9.17, 15) is 18.0 Å². The van der Waals surface area contributed by atoms with Crippen molar-refractivity contribution >= 4 is 27.6 Å². The molecule has 0 radical (unpaired) electrons. The fraction of sp³-hybridized carbons (Fsp3) is 0.238. The number of nitrogens with zero attached hydrogens (tertiary/aromatic N) is 1. The summed E-state index contributed by atoms with van der Waals surface area (Å²) in [5.41, 5.74) is 1.25. The van der Waals surface area contributed by atoms with Crippen LogP contribution in [-0.2, 0) is 19.7 Å². The minimum Gasteiger partial charge on any atom is -0.379 e.